The highest BCUT2D eigenvalue weighted by Gasteiger charge is 2.21. The number of pyridine rings is 1. The molecule has 3 nitrogen and oxygen atoms in total. The fourth-order valence-corrected chi connectivity index (χ4v) is 2.60. The van der Waals surface area contributed by atoms with Crippen LogP contribution < -0.4 is 9.80 Å². The molecule has 0 radical (unpaired) electrons. The number of fused-ring (bicyclic) bond motifs is 1. The number of alkyl halides is 1. The van der Waals surface area contributed by atoms with Crippen LogP contribution in [0.3, 0.4) is 0 Å². The summed E-state index contributed by atoms with van der Waals surface area (Å²) >= 11 is 5.91. The van der Waals surface area contributed by atoms with Crippen LogP contribution in [0.2, 0.25) is 0 Å². The molecule has 0 unspecified atom stereocenters. The molecule has 0 N–H and O–H groups in total. The number of halogens is 1. The predicted molar refractivity (Wildman–Crippen MR) is 80.5 cm³/mol. The summed E-state index contributed by atoms with van der Waals surface area (Å²) in [6, 6.07) is 12.4. The van der Waals surface area contributed by atoms with E-state index < -0.39 is 0 Å². The zero-order valence-corrected chi connectivity index (χ0v) is 11.6. The van der Waals surface area contributed by atoms with Gasteiger partial charge in [0.05, 0.1) is 11.4 Å². The van der Waals surface area contributed by atoms with Gasteiger partial charge in [0.2, 0.25) is 0 Å². The van der Waals surface area contributed by atoms with E-state index in [2.05, 4.69) is 52.2 Å². The van der Waals surface area contributed by atoms with Crippen LogP contribution in [-0.4, -0.2) is 25.1 Å². The Morgan fingerprint density at radius 1 is 1.16 bits per heavy atom. The average molecular weight is 274 g/mol. The van der Waals surface area contributed by atoms with Crippen molar-refractivity contribution in [3.05, 3.63) is 48.2 Å². The van der Waals surface area contributed by atoms with E-state index >= 15 is 0 Å². The van der Waals surface area contributed by atoms with Gasteiger partial charge in [0.25, 0.3) is 0 Å². The van der Waals surface area contributed by atoms with Gasteiger partial charge in [-0.2, -0.15) is 0 Å². The van der Waals surface area contributed by atoms with Crippen molar-refractivity contribution < 1.29 is 0 Å². The van der Waals surface area contributed by atoms with Crippen LogP contribution in [0.1, 0.15) is 5.56 Å². The third-order valence-electron chi connectivity index (χ3n) is 3.48. The van der Waals surface area contributed by atoms with Crippen molar-refractivity contribution in [1.82, 2.24) is 4.98 Å². The minimum atomic E-state index is 0.519. The summed E-state index contributed by atoms with van der Waals surface area (Å²) in [6.07, 6.45) is 1.83. The average Bonchev–Trinajstić information content (AvgIpc) is 2.48. The molecule has 0 fully saturated rings. The second kappa shape index (κ2) is 5.10. The number of hydrogen-bond donors (Lipinski definition) is 0. The van der Waals surface area contributed by atoms with E-state index in [-0.39, 0.29) is 0 Å². The number of anilines is 3. The lowest BCUT2D eigenvalue weighted by molar-refractivity contribution is 0.813. The first-order valence-electron chi connectivity index (χ1n) is 6.38. The normalized spacial score (nSPS) is 14.4. The van der Waals surface area contributed by atoms with E-state index in [1.165, 1.54) is 11.4 Å². The molecule has 0 atom stereocenters. The van der Waals surface area contributed by atoms with E-state index in [9.17, 15) is 0 Å². The number of benzene rings is 1. The fourth-order valence-electron chi connectivity index (χ4n) is 2.44. The molecular formula is C15H16ClN3. The molecule has 3 rings (SSSR count). The molecule has 1 aliphatic heterocycles. The summed E-state index contributed by atoms with van der Waals surface area (Å²) in [7, 11) is 2.12. The van der Waals surface area contributed by atoms with Crippen molar-refractivity contribution in [2.24, 2.45) is 0 Å². The molecule has 0 amide bonds. The fraction of sp³-hybridized carbons (Fsp3) is 0.267. The second-order valence-corrected chi connectivity index (χ2v) is 4.99. The molecule has 1 aromatic carbocycles. The van der Waals surface area contributed by atoms with Crippen LogP contribution in [0.5, 0.6) is 0 Å². The molecule has 19 heavy (non-hydrogen) atoms. The van der Waals surface area contributed by atoms with Crippen molar-refractivity contribution in [1.29, 1.82) is 0 Å². The maximum absolute atomic E-state index is 5.91. The smallest absolute Gasteiger partial charge is 0.133 e. The topological polar surface area (TPSA) is 19.4 Å². The van der Waals surface area contributed by atoms with Crippen molar-refractivity contribution in [3.63, 3.8) is 0 Å². The van der Waals surface area contributed by atoms with Gasteiger partial charge in [0.15, 0.2) is 0 Å². The highest BCUT2D eigenvalue weighted by atomic mass is 35.5. The van der Waals surface area contributed by atoms with Gasteiger partial charge >= 0.3 is 0 Å². The Morgan fingerprint density at radius 2 is 1.95 bits per heavy atom. The molecule has 4 heteroatoms. The van der Waals surface area contributed by atoms with Crippen LogP contribution >= 0.6 is 11.6 Å². The van der Waals surface area contributed by atoms with Crippen LogP contribution in [-0.2, 0) is 5.88 Å². The first kappa shape index (κ1) is 12.3. The molecule has 0 spiro atoms. The van der Waals surface area contributed by atoms with Crippen molar-refractivity contribution in [2.45, 2.75) is 5.88 Å². The quantitative estimate of drug-likeness (QED) is 0.782. The van der Waals surface area contributed by atoms with Crippen LogP contribution in [0.25, 0.3) is 0 Å². The lowest BCUT2D eigenvalue weighted by atomic mass is 10.1. The van der Waals surface area contributed by atoms with Gasteiger partial charge in [0.1, 0.15) is 5.82 Å². The largest absolute Gasteiger partial charge is 0.371 e. The van der Waals surface area contributed by atoms with Crippen LogP contribution in [0.4, 0.5) is 17.2 Å². The minimum absolute atomic E-state index is 0.519. The first-order valence-corrected chi connectivity index (χ1v) is 6.91. The summed E-state index contributed by atoms with van der Waals surface area (Å²) in [5.41, 5.74) is 3.55. The zero-order chi connectivity index (χ0) is 13.2. The monoisotopic (exact) mass is 273 g/mol. The van der Waals surface area contributed by atoms with Gasteiger partial charge in [-0.15, -0.1) is 11.6 Å². The summed E-state index contributed by atoms with van der Waals surface area (Å²) in [5.74, 6) is 1.49. The van der Waals surface area contributed by atoms with Crippen molar-refractivity contribution in [2.75, 3.05) is 29.9 Å². The van der Waals surface area contributed by atoms with E-state index in [4.69, 9.17) is 11.6 Å². The van der Waals surface area contributed by atoms with Gasteiger partial charge in [0, 0.05) is 32.2 Å². The SMILES string of the molecule is CN1CCN(c2cc(CCl)ccn2)c2ccccc21. The molecule has 98 valence electrons. The maximum Gasteiger partial charge on any atom is 0.133 e. The van der Waals surface area contributed by atoms with Gasteiger partial charge in [-0.1, -0.05) is 12.1 Å². The van der Waals surface area contributed by atoms with E-state index in [0.717, 1.165) is 24.5 Å². The highest BCUT2D eigenvalue weighted by Crippen LogP contribution is 2.36. The highest BCUT2D eigenvalue weighted by molar-refractivity contribution is 6.17. The Bertz CT molecular complexity index is 585. The number of rotatable bonds is 2. The van der Waals surface area contributed by atoms with E-state index in [1.807, 2.05) is 12.3 Å². The lowest BCUT2D eigenvalue weighted by Gasteiger charge is -2.36. The van der Waals surface area contributed by atoms with Crippen molar-refractivity contribution >= 4 is 28.8 Å². The number of hydrogen-bond acceptors (Lipinski definition) is 3. The minimum Gasteiger partial charge on any atom is -0.371 e. The zero-order valence-electron chi connectivity index (χ0n) is 10.9. The summed E-state index contributed by atoms with van der Waals surface area (Å²) in [6.45, 7) is 1.93. The Kier molecular flexibility index (Phi) is 3.30. The number of para-hydroxylation sites is 2. The lowest BCUT2D eigenvalue weighted by Crippen LogP contribution is -2.36. The number of nitrogens with zero attached hydrogens (tertiary/aromatic N) is 3. The van der Waals surface area contributed by atoms with Gasteiger partial charge in [-0.3, -0.25) is 0 Å². The molecule has 2 aromatic rings. The summed E-state index contributed by atoms with van der Waals surface area (Å²) in [5, 5.41) is 0. The maximum atomic E-state index is 5.91. The van der Waals surface area contributed by atoms with E-state index in [0.29, 0.717) is 5.88 Å². The van der Waals surface area contributed by atoms with E-state index in [1.54, 1.807) is 0 Å². The Labute approximate surface area is 118 Å². The molecule has 0 saturated carbocycles. The third-order valence-corrected chi connectivity index (χ3v) is 3.79. The Morgan fingerprint density at radius 3 is 2.74 bits per heavy atom. The molecule has 2 heterocycles. The second-order valence-electron chi connectivity index (χ2n) is 4.72. The molecule has 1 aromatic heterocycles. The number of aromatic nitrogens is 1. The number of likely N-dealkylation sites (N-methyl/N-ethyl adjacent to an activating group) is 1. The van der Waals surface area contributed by atoms with Gasteiger partial charge in [-0.25, -0.2) is 4.98 Å². The summed E-state index contributed by atoms with van der Waals surface area (Å²) < 4.78 is 0. The molecule has 0 bridgehead atoms. The predicted octanol–water partition coefficient (Wildman–Crippen LogP) is 3.41. The van der Waals surface area contributed by atoms with Crippen molar-refractivity contribution in [3.8, 4) is 0 Å². The van der Waals surface area contributed by atoms with Gasteiger partial charge < -0.3 is 9.80 Å². The van der Waals surface area contributed by atoms with Crippen LogP contribution in [0.15, 0.2) is 42.6 Å². The third kappa shape index (κ3) is 2.26. The molecule has 0 saturated heterocycles. The Balaban J connectivity index is 2.04. The molecule has 0 aliphatic carbocycles. The molecular weight excluding hydrogens is 258 g/mol. The van der Waals surface area contributed by atoms with Crippen LogP contribution in [0, 0.1) is 0 Å². The molecule has 1 aliphatic rings. The first-order chi connectivity index (χ1) is 9.29. The standard InChI is InChI=1S/C15H16ClN3/c1-18-8-9-19(14-5-3-2-4-13(14)18)15-10-12(11-16)6-7-17-15/h2-7,10H,8-9,11H2,1H3. The van der Waals surface area contributed by atoms with Gasteiger partial charge in [-0.05, 0) is 29.8 Å². The Hall–Kier alpha value is -1.74. The summed E-state index contributed by atoms with van der Waals surface area (Å²) in [4.78, 5) is 9.01.